The van der Waals surface area contributed by atoms with Crippen LogP contribution in [0.15, 0.2) is 48.9 Å². The number of aromatic nitrogens is 7. The number of amides is 2. The van der Waals surface area contributed by atoms with Crippen LogP contribution in [0.2, 0.25) is 0 Å². The number of carbonyl (C=O) groups excluding carboxylic acids is 2. The van der Waals surface area contributed by atoms with Gasteiger partial charge in [-0.15, -0.1) is 23.4 Å². The predicted octanol–water partition coefficient (Wildman–Crippen LogP) is 3.85. The van der Waals surface area contributed by atoms with E-state index in [1.54, 1.807) is 0 Å². The quantitative estimate of drug-likeness (QED) is 0.221. The van der Waals surface area contributed by atoms with Crippen LogP contribution in [0.4, 0.5) is 35.1 Å². The van der Waals surface area contributed by atoms with E-state index in [1.165, 1.54) is 0 Å². The Labute approximate surface area is 247 Å². The van der Waals surface area contributed by atoms with Gasteiger partial charge in [-0.05, 0) is 36.8 Å². The minimum absolute atomic E-state index is 0.152. The van der Waals surface area contributed by atoms with Gasteiger partial charge >= 0.3 is 12.5 Å². The number of halogens is 8. The molecule has 0 spiro atoms. The summed E-state index contributed by atoms with van der Waals surface area (Å²) >= 11 is 0. The summed E-state index contributed by atoms with van der Waals surface area (Å²) in [5, 5.41) is 18.9. The smallest absolute Gasteiger partial charge is 0.406 e. The Hall–Kier alpha value is -5.17. The molecule has 0 aliphatic rings. The molecule has 1 unspecified atom stereocenters. The molecular formula is C25H21F8N9O3. The minimum Gasteiger partial charge on any atom is -0.406 e. The van der Waals surface area contributed by atoms with Gasteiger partial charge in [-0.1, -0.05) is 10.4 Å². The normalized spacial score (nSPS) is 12.5. The molecule has 0 radical (unpaired) electrons. The van der Waals surface area contributed by atoms with Gasteiger partial charge in [-0.25, -0.2) is 8.78 Å². The van der Waals surface area contributed by atoms with Gasteiger partial charge < -0.3 is 15.0 Å². The van der Waals surface area contributed by atoms with Crippen molar-refractivity contribution in [1.82, 2.24) is 45.6 Å². The fraction of sp³-hybridized carbons (Fsp3) is 0.320. The Balaban J connectivity index is 1.35. The molecule has 1 aromatic carbocycles. The summed E-state index contributed by atoms with van der Waals surface area (Å²) in [5.41, 5.74) is -1.94. The lowest BCUT2D eigenvalue weighted by Gasteiger charge is -2.23. The minimum atomic E-state index is -5.00. The molecular weight excluding hydrogens is 626 g/mol. The number of pyridine rings is 1. The van der Waals surface area contributed by atoms with Gasteiger partial charge in [-0.2, -0.15) is 13.2 Å². The number of aryl methyl sites for hydroxylation is 1. The van der Waals surface area contributed by atoms with Gasteiger partial charge in [0.1, 0.15) is 17.7 Å². The van der Waals surface area contributed by atoms with Crippen molar-refractivity contribution in [3.05, 3.63) is 82.9 Å². The number of hydrogen-bond donors (Lipinski definition) is 2. The first kappa shape index (κ1) is 32.7. The summed E-state index contributed by atoms with van der Waals surface area (Å²) in [6, 6.07) is 3.76. The van der Waals surface area contributed by atoms with Gasteiger partial charge in [0, 0.05) is 24.8 Å². The molecule has 2 N–H and O–H groups in total. The van der Waals surface area contributed by atoms with E-state index in [0.717, 1.165) is 58.5 Å². The zero-order valence-electron chi connectivity index (χ0n) is 22.6. The van der Waals surface area contributed by atoms with Crippen molar-refractivity contribution in [2.75, 3.05) is 6.54 Å². The Kier molecular flexibility index (Phi) is 9.92. The fourth-order valence-electron chi connectivity index (χ4n) is 3.89. The number of benzene rings is 1. The highest BCUT2D eigenvalue weighted by molar-refractivity contribution is 5.92. The maximum Gasteiger partial charge on any atom is 0.573 e. The standard InChI is InChI=1S/C25H21F8N9O3/c26-16(11-41(23(44)20-10-36-39-37-20)12-17-8-15(3-5-34-17)24(28,29)30)4-6-42-13-21(38-40-42)22(43)35-9-14-7-18(1-2-19(14)27)45-25(31,32)33/h1-3,5,7-8,10,13,16H,4,6,9,11-12H2,(H,35,43)(H,36,37,39). The number of nitrogens with one attached hydrogen (secondary N) is 2. The average Bonchev–Trinajstić information content (AvgIpc) is 3.67. The maximum absolute atomic E-state index is 15.1. The van der Waals surface area contributed by atoms with E-state index in [2.05, 4.69) is 40.8 Å². The molecule has 0 aliphatic heterocycles. The summed E-state index contributed by atoms with van der Waals surface area (Å²) in [6.07, 6.45) is -8.50. The van der Waals surface area contributed by atoms with Crippen LogP contribution in [0.3, 0.4) is 0 Å². The first-order chi connectivity index (χ1) is 21.2. The zero-order valence-corrected chi connectivity index (χ0v) is 22.6. The molecule has 0 aliphatic carbocycles. The van der Waals surface area contributed by atoms with Gasteiger partial charge in [0.15, 0.2) is 11.4 Å². The van der Waals surface area contributed by atoms with E-state index < -0.39 is 67.3 Å². The van der Waals surface area contributed by atoms with Crippen LogP contribution >= 0.6 is 0 Å². The third kappa shape index (κ3) is 9.41. The first-order valence-electron chi connectivity index (χ1n) is 12.7. The number of rotatable bonds is 12. The first-order valence-corrected chi connectivity index (χ1v) is 12.7. The van der Waals surface area contributed by atoms with Crippen molar-refractivity contribution in [3.63, 3.8) is 0 Å². The molecule has 3 aromatic heterocycles. The molecule has 45 heavy (non-hydrogen) atoms. The van der Waals surface area contributed by atoms with Crippen molar-refractivity contribution < 1.29 is 49.4 Å². The van der Waals surface area contributed by atoms with Gasteiger partial charge in [0.05, 0.1) is 36.7 Å². The molecule has 12 nitrogen and oxygen atoms in total. The molecule has 0 saturated carbocycles. The summed E-state index contributed by atoms with van der Waals surface area (Å²) in [4.78, 5) is 30.1. The Morgan fingerprint density at radius 1 is 1.07 bits per heavy atom. The predicted molar refractivity (Wildman–Crippen MR) is 134 cm³/mol. The van der Waals surface area contributed by atoms with Crippen LogP contribution in [0.25, 0.3) is 0 Å². The lowest BCUT2D eigenvalue weighted by atomic mass is 10.2. The van der Waals surface area contributed by atoms with Crippen molar-refractivity contribution >= 4 is 11.8 Å². The zero-order chi connectivity index (χ0) is 32.8. The molecule has 2 amide bonds. The third-order valence-corrected chi connectivity index (χ3v) is 5.97. The van der Waals surface area contributed by atoms with E-state index in [4.69, 9.17) is 0 Å². The summed E-state index contributed by atoms with van der Waals surface area (Å²) < 4.78 is 111. The van der Waals surface area contributed by atoms with Crippen LogP contribution in [0.1, 0.15) is 44.2 Å². The molecule has 0 fully saturated rings. The number of aromatic amines is 1. The van der Waals surface area contributed by atoms with Crippen LogP contribution < -0.4 is 10.1 Å². The largest absolute Gasteiger partial charge is 0.573 e. The average molecular weight is 647 g/mol. The number of ether oxygens (including phenoxy) is 1. The van der Waals surface area contributed by atoms with E-state index >= 15 is 4.39 Å². The van der Waals surface area contributed by atoms with Crippen molar-refractivity contribution in [3.8, 4) is 5.75 Å². The molecule has 4 rings (SSSR count). The molecule has 1 atom stereocenters. The van der Waals surface area contributed by atoms with Gasteiger partial charge in [0.25, 0.3) is 11.8 Å². The van der Waals surface area contributed by atoms with Crippen molar-refractivity contribution in [1.29, 1.82) is 0 Å². The lowest BCUT2D eigenvalue weighted by Crippen LogP contribution is -2.36. The second-order valence-electron chi connectivity index (χ2n) is 9.31. The highest BCUT2D eigenvalue weighted by atomic mass is 19.4. The molecule has 20 heteroatoms. The monoisotopic (exact) mass is 647 g/mol. The van der Waals surface area contributed by atoms with E-state index in [-0.39, 0.29) is 35.6 Å². The van der Waals surface area contributed by atoms with E-state index in [1.807, 2.05) is 0 Å². The number of carbonyl (C=O) groups is 2. The molecule has 4 aromatic rings. The lowest BCUT2D eigenvalue weighted by molar-refractivity contribution is -0.274. The SMILES string of the molecule is O=C(NCc1cc(OC(F)(F)F)ccc1F)c1cn(CCC(F)CN(Cc2cc(C(F)(F)F)ccn2)C(=O)c2c[nH]nn2)nn1. The Bertz CT molecular complexity index is 1610. The topological polar surface area (TPSA) is 144 Å². The number of hydrogen-bond acceptors (Lipinski definition) is 8. The van der Waals surface area contributed by atoms with Crippen molar-refractivity contribution in [2.24, 2.45) is 0 Å². The summed E-state index contributed by atoms with van der Waals surface area (Å²) in [6.45, 7) is -1.72. The molecule has 3 heterocycles. The van der Waals surface area contributed by atoms with Crippen molar-refractivity contribution in [2.45, 2.75) is 44.8 Å². The number of H-pyrrole nitrogens is 1. The number of alkyl halides is 7. The van der Waals surface area contributed by atoms with Crippen LogP contribution in [0.5, 0.6) is 5.75 Å². The maximum atomic E-state index is 15.1. The summed E-state index contributed by atoms with van der Waals surface area (Å²) in [7, 11) is 0. The van der Waals surface area contributed by atoms with E-state index in [0.29, 0.717) is 0 Å². The number of nitrogens with zero attached hydrogens (tertiary/aromatic N) is 7. The Morgan fingerprint density at radius 3 is 2.53 bits per heavy atom. The molecule has 0 saturated heterocycles. The molecule has 0 bridgehead atoms. The second kappa shape index (κ2) is 13.6. The van der Waals surface area contributed by atoms with Crippen LogP contribution in [-0.2, 0) is 25.8 Å². The van der Waals surface area contributed by atoms with E-state index in [9.17, 15) is 40.3 Å². The highest BCUT2D eigenvalue weighted by Gasteiger charge is 2.32. The van der Waals surface area contributed by atoms with Gasteiger partial charge in [-0.3, -0.25) is 24.4 Å². The Morgan fingerprint density at radius 2 is 1.84 bits per heavy atom. The van der Waals surface area contributed by atoms with Gasteiger partial charge in [0.2, 0.25) is 0 Å². The third-order valence-electron chi connectivity index (χ3n) is 5.97. The highest BCUT2D eigenvalue weighted by Crippen LogP contribution is 2.29. The van der Waals surface area contributed by atoms with Crippen LogP contribution in [0, 0.1) is 5.82 Å². The van der Waals surface area contributed by atoms with Crippen LogP contribution in [-0.4, -0.2) is 71.2 Å². The second-order valence-corrected chi connectivity index (χ2v) is 9.31. The summed E-state index contributed by atoms with van der Waals surface area (Å²) in [5.74, 6) is -3.27. The molecule has 240 valence electrons. The fourth-order valence-corrected chi connectivity index (χ4v) is 3.89.